The largest absolute Gasteiger partial charge is 0.493 e. The van der Waals surface area contributed by atoms with Crippen LogP contribution in [0.1, 0.15) is 0 Å². The van der Waals surface area contributed by atoms with E-state index in [0.717, 1.165) is 0 Å². The van der Waals surface area contributed by atoms with Crippen molar-refractivity contribution in [1.29, 1.82) is 0 Å². The number of benzene rings is 3. The van der Waals surface area contributed by atoms with Gasteiger partial charge in [0.25, 0.3) is 5.89 Å². The summed E-state index contributed by atoms with van der Waals surface area (Å²) in [6.45, 7) is 0. The van der Waals surface area contributed by atoms with Crippen molar-refractivity contribution in [2.45, 2.75) is 0 Å². The van der Waals surface area contributed by atoms with Gasteiger partial charge in [-0.25, -0.2) is 4.79 Å². The summed E-state index contributed by atoms with van der Waals surface area (Å²) in [5.74, 6) is 1.75. The molecule has 0 unspecified atom stereocenters. The Hall–Kier alpha value is -4.33. The van der Waals surface area contributed by atoms with Crippen molar-refractivity contribution in [3.63, 3.8) is 0 Å². The van der Waals surface area contributed by atoms with Crippen molar-refractivity contribution < 1.29 is 18.8 Å². The van der Waals surface area contributed by atoms with Gasteiger partial charge in [0.05, 0.1) is 19.8 Å². The summed E-state index contributed by atoms with van der Waals surface area (Å²) in [5.41, 5.74) is 2.61. The Labute approximate surface area is 178 Å². The van der Waals surface area contributed by atoms with Gasteiger partial charge in [-0.05, 0) is 36.4 Å². The molecule has 0 bridgehead atoms. The second kappa shape index (κ2) is 9.00. The fourth-order valence-corrected chi connectivity index (χ4v) is 3.06. The van der Waals surface area contributed by atoms with Crippen molar-refractivity contribution in [1.82, 2.24) is 10.1 Å². The summed E-state index contributed by atoms with van der Waals surface area (Å²) in [4.78, 5) is 16.7. The molecular formula is C23H20N4O4. The maximum atomic E-state index is 12.3. The van der Waals surface area contributed by atoms with E-state index in [1.54, 1.807) is 38.5 Å². The minimum Gasteiger partial charge on any atom is -0.493 e. The number of methoxy groups -OCH3 is 2. The van der Waals surface area contributed by atoms with Crippen molar-refractivity contribution in [3.05, 3.63) is 72.8 Å². The molecule has 1 aromatic heterocycles. The molecule has 0 spiro atoms. The van der Waals surface area contributed by atoms with E-state index in [0.29, 0.717) is 45.7 Å². The molecule has 0 aliphatic carbocycles. The molecule has 2 amide bonds. The zero-order valence-corrected chi connectivity index (χ0v) is 17.0. The Morgan fingerprint density at radius 2 is 1.61 bits per heavy atom. The Morgan fingerprint density at radius 3 is 2.39 bits per heavy atom. The smallest absolute Gasteiger partial charge is 0.323 e. The molecule has 2 N–H and O–H groups in total. The maximum absolute atomic E-state index is 12.3. The zero-order chi connectivity index (χ0) is 21.6. The molecule has 3 aromatic carbocycles. The lowest BCUT2D eigenvalue weighted by Gasteiger charge is -2.09. The van der Waals surface area contributed by atoms with Crippen molar-refractivity contribution in [3.8, 4) is 34.3 Å². The molecule has 0 fully saturated rings. The molecule has 156 valence electrons. The van der Waals surface area contributed by atoms with E-state index < -0.39 is 0 Å². The van der Waals surface area contributed by atoms with Crippen LogP contribution in [-0.4, -0.2) is 30.4 Å². The number of amides is 2. The third kappa shape index (κ3) is 4.48. The molecule has 1 heterocycles. The molecule has 4 aromatic rings. The lowest BCUT2D eigenvalue weighted by atomic mass is 10.1. The first-order valence-corrected chi connectivity index (χ1v) is 9.46. The number of para-hydroxylation sites is 2. The highest BCUT2D eigenvalue weighted by Gasteiger charge is 2.18. The number of carbonyl (C=O) groups is 1. The molecule has 4 rings (SSSR count). The Kier molecular flexibility index (Phi) is 5.79. The quantitative estimate of drug-likeness (QED) is 0.456. The van der Waals surface area contributed by atoms with Crippen LogP contribution in [0.5, 0.6) is 11.5 Å². The molecule has 0 atom stereocenters. The Balaban J connectivity index is 1.54. The summed E-state index contributed by atoms with van der Waals surface area (Å²) in [6, 6.07) is 21.4. The van der Waals surface area contributed by atoms with Crippen LogP contribution in [0.4, 0.5) is 16.2 Å². The number of nitrogens with one attached hydrogen (secondary N) is 2. The fourth-order valence-electron chi connectivity index (χ4n) is 3.06. The van der Waals surface area contributed by atoms with Crippen LogP contribution in [-0.2, 0) is 0 Å². The third-order valence-electron chi connectivity index (χ3n) is 4.47. The number of carbonyl (C=O) groups excluding carboxylic acids is 1. The molecule has 0 radical (unpaired) electrons. The second-order valence-corrected chi connectivity index (χ2v) is 6.49. The minimum absolute atomic E-state index is 0.297. The number of hydrogen-bond acceptors (Lipinski definition) is 6. The van der Waals surface area contributed by atoms with Gasteiger partial charge in [0.1, 0.15) is 0 Å². The van der Waals surface area contributed by atoms with Gasteiger partial charge < -0.3 is 24.6 Å². The highest BCUT2D eigenvalue weighted by Crippen LogP contribution is 2.37. The van der Waals surface area contributed by atoms with Crippen LogP contribution >= 0.6 is 0 Å². The number of nitrogens with zero attached hydrogens (tertiary/aromatic N) is 2. The van der Waals surface area contributed by atoms with E-state index in [2.05, 4.69) is 20.8 Å². The average molecular weight is 416 g/mol. The molecule has 0 aliphatic rings. The van der Waals surface area contributed by atoms with E-state index in [-0.39, 0.29) is 6.03 Å². The Bertz CT molecular complexity index is 1190. The van der Waals surface area contributed by atoms with Crippen molar-refractivity contribution >= 4 is 17.4 Å². The third-order valence-corrected chi connectivity index (χ3v) is 4.47. The molecule has 8 heteroatoms. The van der Waals surface area contributed by atoms with Crippen LogP contribution in [0.2, 0.25) is 0 Å². The van der Waals surface area contributed by atoms with Crippen molar-refractivity contribution in [2.24, 2.45) is 0 Å². The lowest BCUT2D eigenvalue weighted by Crippen LogP contribution is -2.19. The Morgan fingerprint density at radius 1 is 0.871 bits per heavy atom. The van der Waals surface area contributed by atoms with E-state index >= 15 is 0 Å². The summed E-state index contributed by atoms with van der Waals surface area (Å²) < 4.78 is 16.2. The number of anilines is 2. The molecule has 31 heavy (non-hydrogen) atoms. The van der Waals surface area contributed by atoms with Crippen molar-refractivity contribution in [2.75, 3.05) is 24.9 Å². The highest BCUT2D eigenvalue weighted by molar-refractivity contribution is 6.00. The van der Waals surface area contributed by atoms with Gasteiger partial charge in [0.2, 0.25) is 5.82 Å². The van der Waals surface area contributed by atoms with Gasteiger partial charge in [0, 0.05) is 16.9 Å². The van der Waals surface area contributed by atoms with Gasteiger partial charge in [0.15, 0.2) is 11.5 Å². The molecule has 0 saturated carbocycles. The van der Waals surface area contributed by atoms with Gasteiger partial charge in [-0.3, -0.25) is 0 Å². The first-order chi connectivity index (χ1) is 15.2. The van der Waals surface area contributed by atoms with Gasteiger partial charge in [-0.2, -0.15) is 4.98 Å². The number of ether oxygens (including phenoxy) is 2. The molecule has 8 nitrogen and oxygen atoms in total. The van der Waals surface area contributed by atoms with E-state index in [4.69, 9.17) is 14.0 Å². The lowest BCUT2D eigenvalue weighted by molar-refractivity contribution is 0.262. The molecular weight excluding hydrogens is 396 g/mol. The van der Waals surface area contributed by atoms with Gasteiger partial charge in [-0.1, -0.05) is 41.6 Å². The monoisotopic (exact) mass is 416 g/mol. The normalized spacial score (nSPS) is 10.4. The first kappa shape index (κ1) is 20.0. The highest BCUT2D eigenvalue weighted by atomic mass is 16.5. The van der Waals surface area contributed by atoms with E-state index in [9.17, 15) is 4.79 Å². The predicted octanol–water partition coefficient (Wildman–Crippen LogP) is 5.06. The van der Waals surface area contributed by atoms with Crippen LogP contribution < -0.4 is 20.1 Å². The molecule has 0 aliphatic heterocycles. The number of rotatable bonds is 6. The van der Waals surface area contributed by atoms with Crippen LogP contribution in [0.25, 0.3) is 22.8 Å². The van der Waals surface area contributed by atoms with Crippen LogP contribution in [0.15, 0.2) is 77.3 Å². The summed E-state index contributed by atoms with van der Waals surface area (Å²) in [5, 5.41) is 9.64. The summed E-state index contributed by atoms with van der Waals surface area (Å²) in [7, 11) is 3.11. The average Bonchev–Trinajstić information content (AvgIpc) is 3.29. The zero-order valence-electron chi connectivity index (χ0n) is 17.0. The first-order valence-electron chi connectivity index (χ1n) is 9.46. The van der Waals surface area contributed by atoms with E-state index in [1.165, 1.54) is 0 Å². The number of urea groups is 1. The number of hydrogen-bond donors (Lipinski definition) is 2. The SMILES string of the molecule is COc1cccc(-c2nc(-c3cccc(NC(=O)Nc4ccccc4)c3)no2)c1OC. The fraction of sp³-hybridized carbons (Fsp3) is 0.0870. The van der Waals surface area contributed by atoms with E-state index in [1.807, 2.05) is 48.5 Å². The minimum atomic E-state index is -0.349. The topological polar surface area (TPSA) is 98.5 Å². The predicted molar refractivity (Wildman–Crippen MR) is 117 cm³/mol. The number of aromatic nitrogens is 2. The second-order valence-electron chi connectivity index (χ2n) is 6.49. The summed E-state index contributed by atoms with van der Waals surface area (Å²) >= 11 is 0. The standard InChI is InChI=1S/C23H20N4O4/c1-29-19-13-7-12-18(20(19)30-2)22-26-21(27-31-22)15-8-6-11-17(14-15)25-23(28)24-16-9-4-3-5-10-16/h3-14H,1-2H3,(H2,24,25,28). The van der Waals surface area contributed by atoms with Gasteiger partial charge >= 0.3 is 6.03 Å². The van der Waals surface area contributed by atoms with Gasteiger partial charge in [-0.15, -0.1) is 0 Å². The molecule has 0 saturated heterocycles. The summed E-state index contributed by atoms with van der Waals surface area (Å²) in [6.07, 6.45) is 0. The van der Waals surface area contributed by atoms with Crippen LogP contribution in [0, 0.1) is 0 Å². The maximum Gasteiger partial charge on any atom is 0.323 e. The van der Waals surface area contributed by atoms with Crippen LogP contribution in [0.3, 0.4) is 0 Å².